The summed E-state index contributed by atoms with van der Waals surface area (Å²) < 4.78 is 6.25. The third-order valence-corrected chi connectivity index (χ3v) is 5.73. The summed E-state index contributed by atoms with van der Waals surface area (Å²) >= 11 is 0. The van der Waals surface area contributed by atoms with Crippen LogP contribution in [0.3, 0.4) is 0 Å². The van der Waals surface area contributed by atoms with Crippen molar-refractivity contribution in [2.45, 2.75) is 37.4 Å². The van der Waals surface area contributed by atoms with Crippen molar-refractivity contribution in [1.82, 2.24) is 4.98 Å². The predicted molar refractivity (Wildman–Crippen MR) is 116 cm³/mol. The molecule has 1 aromatic heterocycles. The number of hydrogen-bond donors (Lipinski definition) is 0. The third kappa shape index (κ3) is 3.09. The molecule has 0 spiro atoms. The van der Waals surface area contributed by atoms with E-state index in [1.807, 2.05) is 18.3 Å². The molecule has 0 N–H and O–H groups in total. The van der Waals surface area contributed by atoms with Crippen LogP contribution < -0.4 is 4.90 Å². The third-order valence-electron chi connectivity index (χ3n) is 5.73. The van der Waals surface area contributed by atoms with Gasteiger partial charge in [0.05, 0.1) is 11.2 Å². The molecule has 2 aliphatic heterocycles. The summed E-state index contributed by atoms with van der Waals surface area (Å²) in [6.45, 7) is 4.86. The van der Waals surface area contributed by atoms with Crippen molar-refractivity contribution in [2.24, 2.45) is 4.99 Å². The van der Waals surface area contributed by atoms with Crippen molar-refractivity contribution in [3.63, 3.8) is 0 Å². The highest BCUT2D eigenvalue weighted by atomic mass is 16.5. The smallest absolute Gasteiger partial charge is 0.213 e. The van der Waals surface area contributed by atoms with Gasteiger partial charge in [0.15, 0.2) is 0 Å². The minimum absolute atomic E-state index is 0.0824. The quantitative estimate of drug-likeness (QED) is 0.592. The number of aromatic nitrogens is 1. The Balaban J connectivity index is 1.67. The SMILES string of the molecule is CC1(C)COC([C@@]2(Cc3ccccc3)[C@H](c3ccccn3)N2c2ccccc2)=N1. The van der Waals surface area contributed by atoms with E-state index in [0.717, 1.165) is 23.7 Å². The number of anilines is 1. The van der Waals surface area contributed by atoms with E-state index in [-0.39, 0.29) is 17.1 Å². The summed E-state index contributed by atoms with van der Waals surface area (Å²) in [7, 11) is 0. The molecule has 3 heterocycles. The van der Waals surface area contributed by atoms with E-state index in [1.54, 1.807) is 0 Å². The topological polar surface area (TPSA) is 37.5 Å². The van der Waals surface area contributed by atoms with Crippen LogP contribution in [0.15, 0.2) is 90.1 Å². The van der Waals surface area contributed by atoms with Crippen LogP contribution in [0.4, 0.5) is 5.69 Å². The van der Waals surface area contributed by atoms with Crippen molar-refractivity contribution < 1.29 is 4.74 Å². The molecular formula is C25H25N3O. The Bertz CT molecular complexity index is 970. The number of nitrogens with zero attached hydrogens (tertiary/aromatic N) is 3. The van der Waals surface area contributed by atoms with E-state index in [1.165, 1.54) is 5.56 Å². The summed E-state index contributed by atoms with van der Waals surface area (Å²) in [6.07, 6.45) is 2.68. The molecule has 5 rings (SSSR count). The number of aliphatic imine (C=N–C) groups is 1. The normalized spacial score (nSPS) is 24.7. The lowest BCUT2D eigenvalue weighted by Crippen LogP contribution is -2.33. The molecule has 29 heavy (non-hydrogen) atoms. The van der Waals surface area contributed by atoms with Gasteiger partial charge in [0.2, 0.25) is 5.90 Å². The largest absolute Gasteiger partial charge is 0.477 e. The van der Waals surface area contributed by atoms with Crippen LogP contribution in [-0.4, -0.2) is 28.6 Å². The van der Waals surface area contributed by atoms with Crippen LogP contribution >= 0.6 is 0 Å². The molecular weight excluding hydrogens is 358 g/mol. The summed E-state index contributed by atoms with van der Waals surface area (Å²) in [6, 6.07) is 27.3. The number of benzene rings is 2. The maximum Gasteiger partial charge on any atom is 0.213 e. The van der Waals surface area contributed by atoms with E-state index < -0.39 is 0 Å². The molecule has 2 aliphatic rings. The first-order chi connectivity index (χ1) is 14.1. The molecule has 1 saturated heterocycles. The van der Waals surface area contributed by atoms with Crippen LogP contribution in [-0.2, 0) is 11.2 Å². The molecule has 0 unspecified atom stereocenters. The Kier molecular flexibility index (Phi) is 4.16. The van der Waals surface area contributed by atoms with Crippen LogP contribution in [0, 0.1) is 0 Å². The average Bonchev–Trinajstić information content (AvgIpc) is 3.27. The highest BCUT2D eigenvalue weighted by Crippen LogP contribution is 2.58. The molecule has 3 aromatic rings. The molecule has 0 bridgehead atoms. The zero-order chi connectivity index (χ0) is 19.9. The van der Waals surface area contributed by atoms with Crippen LogP contribution in [0.5, 0.6) is 0 Å². The van der Waals surface area contributed by atoms with Gasteiger partial charge >= 0.3 is 0 Å². The zero-order valence-electron chi connectivity index (χ0n) is 16.8. The van der Waals surface area contributed by atoms with E-state index in [2.05, 4.69) is 85.5 Å². The molecule has 0 radical (unpaired) electrons. The maximum absolute atomic E-state index is 6.25. The Morgan fingerprint density at radius 3 is 2.24 bits per heavy atom. The molecule has 4 heteroatoms. The Hall–Kier alpha value is -3.14. The lowest BCUT2D eigenvalue weighted by atomic mass is 9.93. The fourth-order valence-electron chi connectivity index (χ4n) is 4.41. The van der Waals surface area contributed by atoms with Crippen LogP contribution in [0.2, 0.25) is 0 Å². The molecule has 2 atom stereocenters. The Morgan fingerprint density at radius 2 is 1.62 bits per heavy atom. The lowest BCUT2D eigenvalue weighted by Gasteiger charge is -2.18. The monoisotopic (exact) mass is 383 g/mol. The molecule has 2 aromatic carbocycles. The minimum Gasteiger partial charge on any atom is -0.477 e. The molecule has 0 amide bonds. The zero-order valence-corrected chi connectivity index (χ0v) is 16.8. The van der Waals surface area contributed by atoms with Gasteiger partial charge in [-0.2, -0.15) is 0 Å². The summed E-state index contributed by atoms with van der Waals surface area (Å²) in [5.74, 6) is 0.825. The second kappa shape index (κ2) is 6.73. The lowest BCUT2D eigenvalue weighted by molar-refractivity contribution is 0.268. The number of para-hydroxylation sites is 1. The van der Waals surface area contributed by atoms with E-state index in [4.69, 9.17) is 14.7 Å². The van der Waals surface area contributed by atoms with Crippen molar-refractivity contribution in [3.05, 3.63) is 96.3 Å². The average molecular weight is 383 g/mol. The number of ether oxygens (including phenoxy) is 1. The number of hydrogen-bond acceptors (Lipinski definition) is 4. The molecule has 0 aliphatic carbocycles. The fraction of sp³-hybridized carbons (Fsp3) is 0.280. The van der Waals surface area contributed by atoms with E-state index in [9.17, 15) is 0 Å². The molecule has 1 fully saturated rings. The number of pyridine rings is 1. The molecule has 146 valence electrons. The van der Waals surface area contributed by atoms with Crippen LogP contribution in [0.25, 0.3) is 0 Å². The van der Waals surface area contributed by atoms with Gasteiger partial charge in [-0.25, -0.2) is 4.99 Å². The Labute approximate surface area is 171 Å². The van der Waals surface area contributed by atoms with Crippen molar-refractivity contribution in [1.29, 1.82) is 0 Å². The fourth-order valence-corrected chi connectivity index (χ4v) is 4.41. The first kappa shape index (κ1) is 17.9. The first-order valence-corrected chi connectivity index (χ1v) is 10.1. The maximum atomic E-state index is 6.25. The van der Waals surface area contributed by atoms with Gasteiger partial charge in [0.25, 0.3) is 0 Å². The highest BCUT2D eigenvalue weighted by Gasteiger charge is 2.69. The van der Waals surface area contributed by atoms with Crippen molar-refractivity contribution >= 4 is 11.6 Å². The standard InChI is InChI=1S/C25H25N3O/c1-24(2)18-29-23(27-24)25(17-19-11-5-3-6-12-19)22(21-15-9-10-16-26-21)28(25)20-13-7-4-8-14-20/h3-16,22H,17-18H2,1-2H3/t22-,25+,28?/m0/s1. The van der Waals surface area contributed by atoms with E-state index >= 15 is 0 Å². The van der Waals surface area contributed by atoms with Crippen molar-refractivity contribution in [2.75, 3.05) is 11.5 Å². The minimum atomic E-state index is -0.370. The molecule has 4 nitrogen and oxygen atoms in total. The van der Waals surface area contributed by atoms with Crippen LogP contribution in [0.1, 0.15) is 31.1 Å². The highest BCUT2D eigenvalue weighted by molar-refractivity contribution is 5.99. The predicted octanol–water partition coefficient (Wildman–Crippen LogP) is 4.83. The van der Waals surface area contributed by atoms with E-state index in [0.29, 0.717) is 6.61 Å². The summed E-state index contributed by atoms with van der Waals surface area (Å²) in [5.41, 5.74) is 2.89. The summed E-state index contributed by atoms with van der Waals surface area (Å²) in [5, 5.41) is 0. The molecule has 0 saturated carbocycles. The van der Waals surface area contributed by atoms with Gasteiger partial charge in [0.1, 0.15) is 18.2 Å². The Morgan fingerprint density at radius 1 is 0.931 bits per heavy atom. The second-order valence-corrected chi connectivity index (χ2v) is 8.47. The summed E-state index contributed by atoms with van der Waals surface area (Å²) in [4.78, 5) is 12.2. The second-order valence-electron chi connectivity index (χ2n) is 8.47. The van der Waals surface area contributed by atoms with Gasteiger partial charge in [0, 0.05) is 18.3 Å². The van der Waals surface area contributed by atoms with Gasteiger partial charge in [-0.3, -0.25) is 4.98 Å². The first-order valence-electron chi connectivity index (χ1n) is 10.1. The number of rotatable bonds is 5. The van der Waals surface area contributed by atoms with Gasteiger partial charge in [-0.15, -0.1) is 0 Å². The van der Waals surface area contributed by atoms with Gasteiger partial charge < -0.3 is 9.64 Å². The van der Waals surface area contributed by atoms with Gasteiger partial charge in [-0.1, -0.05) is 54.6 Å². The van der Waals surface area contributed by atoms with Crippen molar-refractivity contribution in [3.8, 4) is 0 Å². The van der Waals surface area contributed by atoms with Gasteiger partial charge in [-0.05, 0) is 43.7 Å².